The number of piperazine rings is 1. The van der Waals surface area contributed by atoms with Crippen molar-refractivity contribution < 1.29 is 13.2 Å². The van der Waals surface area contributed by atoms with Crippen LogP contribution in [0.2, 0.25) is 0 Å². The normalized spacial score (nSPS) is 17.0. The Kier molecular flexibility index (Phi) is 5.51. The summed E-state index contributed by atoms with van der Waals surface area (Å²) in [4.78, 5) is 4.41. The number of likely N-dealkylation sites (N-methyl/N-ethyl adjacent to an activating group) is 1. The maximum atomic E-state index is 12.5. The van der Waals surface area contributed by atoms with Gasteiger partial charge in [0.1, 0.15) is 4.32 Å². The Morgan fingerprint density at radius 1 is 1.14 bits per heavy atom. The topological polar surface area (TPSA) is 6.48 Å². The third-order valence-electron chi connectivity index (χ3n) is 3.41. The van der Waals surface area contributed by atoms with E-state index >= 15 is 0 Å². The van der Waals surface area contributed by atoms with Gasteiger partial charge in [-0.1, -0.05) is 36.1 Å². The summed E-state index contributed by atoms with van der Waals surface area (Å²) in [5.41, 5.74) is 0.238. The lowest BCUT2D eigenvalue weighted by molar-refractivity contribution is -0.137. The molecule has 0 amide bonds. The van der Waals surface area contributed by atoms with Crippen LogP contribution in [-0.2, 0) is 11.9 Å². The van der Waals surface area contributed by atoms with Gasteiger partial charge in [-0.2, -0.15) is 13.2 Å². The zero-order chi connectivity index (χ0) is 15.5. The van der Waals surface area contributed by atoms with Crippen LogP contribution in [0.1, 0.15) is 11.1 Å². The molecule has 0 radical (unpaired) electrons. The maximum absolute atomic E-state index is 12.5. The molecule has 0 aromatic heterocycles. The molecule has 2 rings (SSSR count). The van der Waals surface area contributed by atoms with Crippen LogP contribution in [0, 0.1) is 0 Å². The summed E-state index contributed by atoms with van der Waals surface area (Å²) >= 11 is 6.90. The first-order chi connectivity index (χ1) is 9.86. The number of thiocarbonyl (C=S) groups is 1. The van der Waals surface area contributed by atoms with Crippen molar-refractivity contribution in [2.24, 2.45) is 0 Å². The predicted octanol–water partition coefficient (Wildman–Crippen LogP) is 3.47. The average Bonchev–Trinajstić information content (AvgIpc) is 2.45. The van der Waals surface area contributed by atoms with Crippen LogP contribution in [-0.4, -0.2) is 47.3 Å². The van der Waals surface area contributed by atoms with Crippen molar-refractivity contribution in [2.75, 3.05) is 33.2 Å². The van der Waals surface area contributed by atoms with Crippen LogP contribution in [0.4, 0.5) is 13.2 Å². The van der Waals surface area contributed by atoms with Gasteiger partial charge in [-0.3, -0.25) is 0 Å². The number of rotatable bonds is 2. The Bertz CT molecular complexity index is 480. The van der Waals surface area contributed by atoms with E-state index in [0.29, 0.717) is 5.75 Å². The van der Waals surface area contributed by atoms with Crippen LogP contribution in [0.15, 0.2) is 24.3 Å². The third kappa shape index (κ3) is 4.86. The van der Waals surface area contributed by atoms with Gasteiger partial charge in [-0.05, 0) is 24.7 Å². The van der Waals surface area contributed by atoms with Crippen LogP contribution in [0.25, 0.3) is 0 Å². The van der Waals surface area contributed by atoms with E-state index in [0.717, 1.165) is 48.2 Å². The molecular formula is C14H17F3N2S2. The van der Waals surface area contributed by atoms with Crippen LogP contribution >= 0.6 is 24.0 Å². The molecule has 1 fully saturated rings. The highest BCUT2D eigenvalue weighted by atomic mass is 32.2. The quantitative estimate of drug-likeness (QED) is 0.764. The fourth-order valence-electron chi connectivity index (χ4n) is 2.02. The van der Waals surface area contributed by atoms with E-state index in [1.165, 1.54) is 23.9 Å². The molecule has 1 aromatic carbocycles. The summed E-state index contributed by atoms with van der Waals surface area (Å²) in [6, 6.07) is 5.27. The predicted molar refractivity (Wildman–Crippen MR) is 84.4 cm³/mol. The molecule has 0 atom stereocenters. The highest BCUT2D eigenvalue weighted by molar-refractivity contribution is 8.22. The molecule has 0 N–H and O–H groups in total. The third-order valence-corrected chi connectivity index (χ3v) is 5.00. The molecule has 7 heteroatoms. The summed E-state index contributed by atoms with van der Waals surface area (Å²) in [5, 5.41) is 0. The van der Waals surface area contributed by atoms with Crippen molar-refractivity contribution in [1.82, 2.24) is 9.80 Å². The number of hydrogen-bond acceptors (Lipinski definition) is 3. The Balaban J connectivity index is 1.84. The standard InChI is InChI=1S/C14H17F3N2S2/c1-18-6-8-19(9-7-18)13(20)21-10-11-2-4-12(5-3-11)14(15,16)17/h2-5H,6-10H2,1H3. The second-order valence-electron chi connectivity index (χ2n) is 5.04. The highest BCUT2D eigenvalue weighted by Crippen LogP contribution is 2.29. The first kappa shape index (κ1) is 16.6. The van der Waals surface area contributed by atoms with Crippen LogP contribution in [0.5, 0.6) is 0 Å². The zero-order valence-corrected chi connectivity index (χ0v) is 13.3. The molecule has 2 nitrogen and oxygen atoms in total. The molecule has 0 saturated carbocycles. The molecule has 1 saturated heterocycles. The van der Waals surface area contributed by atoms with Gasteiger partial charge in [0, 0.05) is 31.9 Å². The number of halogens is 3. The lowest BCUT2D eigenvalue weighted by atomic mass is 10.1. The molecule has 0 aliphatic carbocycles. The number of thioether (sulfide) groups is 1. The second kappa shape index (κ2) is 6.98. The van der Waals surface area contributed by atoms with E-state index in [1.54, 1.807) is 0 Å². The Morgan fingerprint density at radius 2 is 1.71 bits per heavy atom. The summed E-state index contributed by atoms with van der Waals surface area (Å²) in [6.07, 6.45) is -4.28. The largest absolute Gasteiger partial charge is 0.416 e. The molecule has 0 spiro atoms. The van der Waals surface area contributed by atoms with E-state index in [1.807, 2.05) is 0 Å². The first-order valence-electron chi connectivity index (χ1n) is 6.62. The van der Waals surface area contributed by atoms with E-state index in [-0.39, 0.29) is 0 Å². The van der Waals surface area contributed by atoms with Crippen molar-refractivity contribution >= 4 is 28.3 Å². The molecule has 0 unspecified atom stereocenters. The molecule has 1 heterocycles. The van der Waals surface area contributed by atoms with Crippen molar-refractivity contribution in [2.45, 2.75) is 11.9 Å². The minimum Gasteiger partial charge on any atom is -0.355 e. The molecular weight excluding hydrogens is 317 g/mol. The van der Waals surface area contributed by atoms with Gasteiger partial charge in [-0.25, -0.2) is 0 Å². The summed E-state index contributed by atoms with van der Waals surface area (Å²) in [5.74, 6) is 0.601. The number of hydrogen-bond donors (Lipinski definition) is 0. The van der Waals surface area contributed by atoms with E-state index in [2.05, 4.69) is 16.8 Å². The van der Waals surface area contributed by atoms with Gasteiger partial charge in [0.05, 0.1) is 5.56 Å². The number of nitrogens with zero attached hydrogens (tertiary/aromatic N) is 2. The molecule has 1 aliphatic rings. The van der Waals surface area contributed by atoms with Crippen molar-refractivity contribution in [3.05, 3.63) is 35.4 Å². The van der Waals surface area contributed by atoms with Crippen molar-refractivity contribution in [1.29, 1.82) is 0 Å². The monoisotopic (exact) mass is 334 g/mol. The molecule has 0 bridgehead atoms. The van der Waals surface area contributed by atoms with Gasteiger partial charge in [-0.15, -0.1) is 0 Å². The molecule has 1 aliphatic heterocycles. The zero-order valence-electron chi connectivity index (χ0n) is 11.7. The Morgan fingerprint density at radius 3 is 2.24 bits per heavy atom. The molecule has 21 heavy (non-hydrogen) atoms. The van der Waals surface area contributed by atoms with Crippen LogP contribution in [0.3, 0.4) is 0 Å². The summed E-state index contributed by atoms with van der Waals surface area (Å²) in [7, 11) is 2.08. The molecule has 116 valence electrons. The Labute approximate surface area is 132 Å². The molecule has 1 aromatic rings. The minimum absolute atomic E-state index is 0.601. The van der Waals surface area contributed by atoms with Crippen molar-refractivity contribution in [3.8, 4) is 0 Å². The minimum atomic E-state index is -4.28. The number of benzene rings is 1. The van der Waals surface area contributed by atoms with E-state index < -0.39 is 11.7 Å². The van der Waals surface area contributed by atoms with Crippen LogP contribution < -0.4 is 0 Å². The van der Waals surface area contributed by atoms with Crippen molar-refractivity contribution in [3.63, 3.8) is 0 Å². The fourth-order valence-corrected chi connectivity index (χ4v) is 3.22. The van der Waals surface area contributed by atoms with Gasteiger partial charge in [0.2, 0.25) is 0 Å². The second-order valence-corrected chi connectivity index (χ2v) is 6.65. The fraction of sp³-hybridized carbons (Fsp3) is 0.500. The van der Waals surface area contributed by atoms with E-state index in [9.17, 15) is 13.2 Å². The summed E-state index contributed by atoms with van der Waals surface area (Å²) < 4.78 is 38.2. The summed E-state index contributed by atoms with van der Waals surface area (Å²) in [6.45, 7) is 3.80. The Hall–Kier alpha value is -0.790. The lowest BCUT2D eigenvalue weighted by Crippen LogP contribution is -2.45. The van der Waals surface area contributed by atoms with Gasteiger partial charge in [0.25, 0.3) is 0 Å². The average molecular weight is 334 g/mol. The highest BCUT2D eigenvalue weighted by Gasteiger charge is 2.29. The van der Waals surface area contributed by atoms with Gasteiger partial charge < -0.3 is 9.80 Å². The van der Waals surface area contributed by atoms with Gasteiger partial charge in [0.15, 0.2) is 0 Å². The van der Waals surface area contributed by atoms with E-state index in [4.69, 9.17) is 12.2 Å². The van der Waals surface area contributed by atoms with Gasteiger partial charge >= 0.3 is 6.18 Å². The maximum Gasteiger partial charge on any atom is 0.416 e. The number of alkyl halides is 3. The lowest BCUT2D eigenvalue weighted by Gasteiger charge is -2.33. The SMILES string of the molecule is CN1CCN(C(=S)SCc2ccc(C(F)(F)F)cc2)CC1. The first-order valence-corrected chi connectivity index (χ1v) is 8.02. The smallest absolute Gasteiger partial charge is 0.355 e.